The highest BCUT2D eigenvalue weighted by Crippen LogP contribution is 2.30. The molecule has 1 aromatic rings. The lowest BCUT2D eigenvalue weighted by atomic mass is 9.83. The molecule has 3 N–H and O–H groups in total. The maximum atomic E-state index is 11.9. The molecule has 1 aliphatic rings. The minimum absolute atomic E-state index is 0.0412. The third-order valence-electron chi connectivity index (χ3n) is 3.22. The summed E-state index contributed by atoms with van der Waals surface area (Å²) in [6, 6.07) is 5.50. The van der Waals surface area contributed by atoms with Crippen molar-refractivity contribution in [2.75, 3.05) is 5.32 Å². The fourth-order valence-corrected chi connectivity index (χ4v) is 2.52. The number of anilines is 1. The van der Waals surface area contributed by atoms with Gasteiger partial charge in [0.1, 0.15) is 4.99 Å². The van der Waals surface area contributed by atoms with Gasteiger partial charge in [-0.05, 0) is 37.0 Å². The summed E-state index contributed by atoms with van der Waals surface area (Å²) in [4.78, 5) is 12.2. The molecular formula is C13H15BrN2OS. The highest BCUT2D eigenvalue weighted by molar-refractivity contribution is 9.10. The molecule has 0 aromatic heterocycles. The lowest BCUT2D eigenvalue weighted by molar-refractivity contribution is -0.117. The zero-order valence-electron chi connectivity index (χ0n) is 9.91. The standard InChI is InChI=1S/C13H15BrN2OS/c14-9-4-5-11(10(7-9)13(15)18)16-12(17)6-8-2-1-3-8/h4-5,7-8H,1-3,6H2,(H2,15,18)(H,16,17). The summed E-state index contributed by atoms with van der Waals surface area (Å²) in [6.07, 6.45) is 4.16. The third kappa shape index (κ3) is 3.29. The molecule has 0 atom stereocenters. The molecule has 0 unspecified atom stereocenters. The maximum Gasteiger partial charge on any atom is 0.224 e. The molecule has 0 aliphatic heterocycles. The SMILES string of the molecule is NC(=S)c1cc(Br)ccc1NC(=O)CC1CCC1. The first-order chi connectivity index (χ1) is 8.56. The van der Waals surface area contributed by atoms with E-state index in [4.69, 9.17) is 18.0 Å². The minimum atomic E-state index is 0.0412. The highest BCUT2D eigenvalue weighted by Gasteiger charge is 2.21. The zero-order valence-corrected chi connectivity index (χ0v) is 12.3. The second-order valence-electron chi connectivity index (χ2n) is 4.60. The van der Waals surface area contributed by atoms with Gasteiger partial charge in [-0.25, -0.2) is 0 Å². The van der Waals surface area contributed by atoms with Crippen molar-refractivity contribution >= 4 is 44.7 Å². The monoisotopic (exact) mass is 326 g/mol. The van der Waals surface area contributed by atoms with Gasteiger partial charge in [0.05, 0.1) is 5.69 Å². The smallest absolute Gasteiger partial charge is 0.224 e. The minimum Gasteiger partial charge on any atom is -0.389 e. The van der Waals surface area contributed by atoms with E-state index in [2.05, 4.69) is 21.2 Å². The Bertz CT molecular complexity index is 486. The zero-order chi connectivity index (χ0) is 13.1. The first-order valence-corrected chi connectivity index (χ1v) is 7.15. The first-order valence-electron chi connectivity index (χ1n) is 5.95. The van der Waals surface area contributed by atoms with Crippen molar-refractivity contribution in [2.45, 2.75) is 25.7 Å². The molecular weight excluding hydrogens is 312 g/mol. The summed E-state index contributed by atoms with van der Waals surface area (Å²) in [5, 5.41) is 2.89. The molecule has 2 rings (SSSR count). The maximum absolute atomic E-state index is 11.9. The lowest BCUT2D eigenvalue weighted by Gasteiger charge is -2.24. The Hall–Kier alpha value is -0.940. The van der Waals surface area contributed by atoms with Gasteiger partial charge in [-0.15, -0.1) is 0 Å². The van der Waals surface area contributed by atoms with Gasteiger partial charge in [0.15, 0.2) is 0 Å². The molecule has 0 bridgehead atoms. The van der Waals surface area contributed by atoms with Crippen LogP contribution in [0.3, 0.4) is 0 Å². The number of carbonyl (C=O) groups is 1. The molecule has 1 amide bonds. The van der Waals surface area contributed by atoms with E-state index >= 15 is 0 Å². The van der Waals surface area contributed by atoms with Crippen molar-refractivity contribution in [3.8, 4) is 0 Å². The summed E-state index contributed by atoms with van der Waals surface area (Å²) < 4.78 is 0.891. The number of halogens is 1. The fraction of sp³-hybridized carbons (Fsp3) is 0.385. The Morgan fingerprint density at radius 2 is 2.22 bits per heavy atom. The Morgan fingerprint density at radius 1 is 1.50 bits per heavy atom. The molecule has 0 heterocycles. The van der Waals surface area contributed by atoms with Crippen molar-refractivity contribution in [2.24, 2.45) is 11.7 Å². The average molecular weight is 327 g/mol. The number of hydrogen-bond donors (Lipinski definition) is 2. The van der Waals surface area contributed by atoms with Crippen LogP contribution in [0.15, 0.2) is 22.7 Å². The summed E-state index contributed by atoms with van der Waals surface area (Å²) >= 11 is 8.35. The number of nitrogens with one attached hydrogen (secondary N) is 1. The molecule has 1 aromatic carbocycles. The van der Waals surface area contributed by atoms with Gasteiger partial charge < -0.3 is 11.1 Å². The Labute approximate surface area is 120 Å². The van der Waals surface area contributed by atoms with Crippen molar-refractivity contribution in [3.05, 3.63) is 28.2 Å². The number of carbonyl (C=O) groups excluding carboxylic acids is 1. The van der Waals surface area contributed by atoms with Gasteiger partial charge in [0, 0.05) is 16.5 Å². The molecule has 5 heteroatoms. The van der Waals surface area contributed by atoms with E-state index in [9.17, 15) is 4.79 Å². The van der Waals surface area contributed by atoms with Gasteiger partial charge in [-0.3, -0.25) is 4.79 Å². The lowest BCUT2D eigenvalue weighted by Crippen LogP contribution is -2.22. The van der Waals surface area contributed by atoms with Gasteiger partial charge in [-0.1, -0.05) is 34.6 Å². The normalized spacial score (nSPS) is 14.9. The number of hydrogen-bond acceptors (Lipinski definition) is 2. The van der Waals surface area contributed by atoms with Crippen molar-refractivity contribution in [3.63, 3.8) is 0 Å². The van der Waals surface area contributed by atoms with Crippen LogP contribution in [0, 0.1) is 5.92 Å². The van der Waals surface area contributed by atoms with Crippen LogP contribution in [0.5, 0.6) is 0 Å². The predicted octanol–water partition coefficient (Wildman–Crippen LogP) is 3.21. The molecule has 1 fully saturated rings. The van der Waals surface area contributed by atoms with Crippen LogP contribution in [-0.2, 0) is 4.79 Å². The van der Waals surface area contributed by atoms with Crippen LogP contribution in [0.4, 0.5) is 5.69 Å². The van der Waals surface area contributed by atoms with Gasteiger partial charge in [0.25, 0.3) is 0 Å². The van der Waals surface area contributed by atoms with E-state index in [1.165, 1.54) is 6.42 Å². The molecule has 1 aliphatic carbocycles. The number of rotatable bonds is 4. The average Bonchev–Trinajstić information content (AvgIpc) is 2.26. The van der Waals surface area contributed by atoms with Crippen molar-refractivity contribution in [1.29, 1.82) is 0 Å². The Kier molecular flexibility index (Phi) is 4.35. The highest BCUT2D eigenvalue weighted by atomic mass is 79.9. The van der Waals surface area contributed by atoms with E-state index in [0.29, 0.717) is 23.6 Å². The van der Waals surface area contributed by atoms with E-state index in [1.54, 1.807) is 0 Å². The second kappa shape index (κ2) is 5.80. The Morgan fingerprint density at radius 3 is 2.78 bits per heavy atom. The quantitative estimate of drug-likeness (QED) is 0.835. The molecule has 0 radical (unpaired) electrons. The molecule has 0 spiro atoms. The fourth-order valence-electron chi connectivity index (χ4n) is 1.99. The summed E-state index contributed by atoms with van der Waals surface area (Å²) in [7, 11) is 0. The topological polar surface area (TPSA) is 55.1 Å². The summed E-state index contributed by atoms with van der Waals surface area (Å²) in [5.41, 5.74) is 7.04. The molecule has 3 nitrogen and oxygen atoms in total. The van der Waals surface area contributed by atoms with E-state index in [-0.39, 0.29) is 10.9 Å². The van der Waals surface area contributed by atoms with E-state index in [1.807, 2.05) is 18.2 Å². The predicted molar refractivity (Wildman–Crippen MR) is 80.6 cm³/mol. The number of thiocarbonyl (C=S) groups is 1. The summed E-state index contributed by atoms with van der Waals surface area (Å²) in [6.45, 7) is 0. The number of benzene rings is 1. The molecule has 0 saturated heterocycles. The van der Waals surface area contributed by atoms with Crippen LogP contribution in [0.2, 0.25) is 0 Å². The molecule has 18 heavy (non-hydrogen) atoms. The van der Waals surface area contributed by atoms with E-state index in [0.717, 1.165) is 17.3 Å². The van der Waals surface area contributed by atoms with Crippen LogP contribution >= 0.6 is 28.1 Å². The largest absolute Gasteiger partial charge is 0.389 e. The number of nitrogens with two attached hydrogens (primary N) is 1. The van der Waals surface area contributed by atoms with Crippen LogP contribution in [0.25, 0.3) is 0 Å². The molecule has 1 saturated carbocycles. The number of amides is 1. The van der Waals surface area contributed by atoms with Gasteiger partial charge in [-0.2, -0.15) is 0 Å². The van der Waals surface area contributed by atoms with Gasteiger partial charge >= 0.3 is 0 Å². The van der Waals surface area contributed by atoms with Crippen molar-refractivity contribution in [1.82, 2.24) is 0 Å². The van der Waals surface area contributed by atoms with E-state index < -0.39 is 0 Å². The van der Waals surface area contributed by atoms with Crippen molar-refractivity contribution < 1.29 is 4.79 Å². The first kappa shape index (κ1) is 13.5. The van der Waals surface area contributed by atoms with Crippen LogP contribution < -0.4 is 11.1 Å². The van der Waals surface area contributed by atoms with Crippen LogP contribution in [-0.4, -0.2) is 10.9 Å². The van der Waals surface area contributed by atoms with Gasteiger partial charge in [0.2, 0.25) is 5.91 Å². The summed E-state index contributed by atoms with van der Waals surface area (Å²) in [5.74, 6) is 0.591. The third-order valence-corrected chi connectivity index (χ3v) is 3.93. The second-order valence-corrected chi connectivity index (χ2v) is 5.96. The molecule has 96 valence electrons. The van der Waals surface area contributed by atoms with Crippen LogP contribution in [0.1, 0.15) is 31.2 Å². The Balaban J connectivity index is 2.07.